The summed E-state index contributed by atoms with van der Waals surface area (Å²) in [5, 5.41) is 11.8. The SMILES string of the molecule is COc1cccc(CNCC(F)(F)F)c1O. The first-order valence-corrected chi connectivity index (χ1v) is 4.56. The molecule has 0 fully saturated rings. The fourth-order valence-electron chi connectivity index (χ4n) is 1.21. The largest absolute Gasteiger partial charge is 0.504 e. The van der Waals surface area contributed by atoms with Gasteiger partial charge in [-0.15, -0.1) is 0 Å². The molecule has 0 unspecified atom stereocenters. The van der Waals surface area contributed by atoms with Crippen LogP contribution < -0.4 is 10.1 Å². The van der Waals surface area contributed by atoms with E-state index in [1.54, 1.807) is 6.07 Å². The van der Waals surface area contributed by atoms with Gasteiger partial charge in [0.25, 0.3) is 0 Å². The Balaban J connectivity index is 2.61. The van der Waals surface area contributed by atoms with Gasteiger partial charge in [-0.3, -0.25) is 0 Å². The molecule has 0 spiro atoms. The van der Waals surface area contributed by atoms with Gasteiger partial charge in [0.15, 0.2) is 11.5 Å². The third-order valence-electron chi connectivity index (χ3n) is 1.94. The Bertz CT molecular complexity index is 352. The van der Waals surface area contributed by atoms with Crippen LogP contribution in [0.2, 0.25) is 0 Å². The standard InChI is InChI=1S/C10H12F3NO2/c1-16-8-4-2-3-7(9(8)15)5-14-6-10(11,12)13/h2-4,14-15H,5-6H2,1H3. The second kappa shape index (κ2) is 5.07. The molecule has 0 heterocycles. The zero-order valence-corrected chi connectivity index (χ0v) is 8.64. The van der Waals surface area contributed by atoms with Crippen LogP contribution in [0.4, 0.5) is 13.2 Å². The zero-order chi connectivity index (χ0) is 12.2. The molecule has 0 radical (unpaired) electrons. The first-order chi connectivity index (χ1) is 7.44. The molecule has 0 aromatic heterocycles. The van der Waals surface area contributed by atoms with E-state index in [0.717, 1.165) is 0 Å². The summed E-state index contributed by atoms with van der Waals surface area (Å²) in [4.78, 5) is 0. The average Bonchev–Trinajstić information content (AvgIpc) is 2.19. The van der Waals surface area contributed by atoms with E-state index in [9.17, 15) is 18.3 Å². The van der Waals surface area contributed by atoms with Crippen molar-refractivity contribution in [3.63, 3.8) is 0 Å². The number of rotatable bonds is 4. The van der Waals surface area contributed by atoms with Gasteiger partial charge in [-0.1, -0.05) is 12.1 Å². The molecule has 2 N–H and O–H groups in total. The fraction of sp³-hybridized carbons (Fsp3) is 0.400. The van der Waals surface area contributed by atoms with Gasteiger partial charge in [-0.05, 0) is 6.07 Å². The molecule has 6 heteroatoms. The third kappa shape index (κ3) is 3.62. The summed E-state index contributed by atoms with van der Waals surface area (Å²) in [5.41, 5.74) is 0.364. The lowest BCUT2D eigenvalue weighted by atomic mass is 10.2. The maximum atomic E-state index is 11.9. The molecule has 1 aromatic carbocycles. The number of ether oxygens (including phenoxy) is 1. The molecule has 0 saturated carbocycles. The lowest BCUT2D eigenvalue weighted by Crippen LogP contribution is -2.28. The minimum atomic E-state index is -4.26. The molecule has 0 aliphatic rings. The Morgan fingerprint density at radius 2 is 2.06 bits per heavy atom. The van der Waals surface area contributed by atoms with Crippen LogP contribution >= 0.6 is 0 Å². The van der Waals surface area contributed by atoms with Crippen molar-refractivity contribution in [1.29, 1.82) is 0 Å². The normalized spacial score (nSPS) is 11.5. The molecule has 0 saturated heterocycles. The van der Waals surface area contributed by atoms with Crippen LogP contribution in [0.5, 0.6) is 11.5 Å². The van der Waals surface area contributed by atoms with Crippen LogP contribution in [0.15, 0.2) is 18.2 Å². The number of phenols is 1. The van der Waals surface area contributed by atoms with Gasteiger partial charge >= 0.3 is 6.18 Å². The minimum Gasteiger partial charge on any atom is -0.504 e. The lowest BCUT2D eigenvalue weighted by molar-refractivity contribution is -0.125. The van der Waals surface area contributed by atoms with Crippen LogP contribution in [0.25, 0.3) is 0 Å². The Labute approximate surface area is 90.8 Å². The smallest absolute Gasteiger partial charge is 0.401 e. The van der Waals surface area contributed by atoms with Crippen molar-refractivity contribution >= 4 is 0 Å². The molecule has 0 amide bonds. The number of nitrogens with one attached hydrogen (secondary N) is 1. The number of halogens is 3. The van der Waals surface area contributed by atoms with Gasteiger partial charge < -0.3 is 15.2 Å². The molecule has 1 aromatic rings. The van der Waals surface area contributed by atoms with E-state index >= 15 is 0 Å². The van der Waals surface area contributed by atoms with E-state index in [2.05, 4.69) is 5.32 Å². The highest BCUT2D eigenvalue weighted by Crippen LogP contribution is 2.29. The summed E-state index contributed by atoms with van der Waals surface area (Å²) in [5.74, 6) is 0.103. The van der Waals surface area contributed by atoms with Crippen molar-refractivity contribution in [2.24, 2.45) is 0 Å². The Hall–Kier alpha value is -1.43. The van der Waals surface area contributed by atoms with Crippen LogP contribution in [0, 0.1) is 0 Å². The summed E-state index contributed by atoms with van der Waals surface area (Å²) in [6.07, 6.45) is -4.26. The van der Waals surface area contributed by atoms with Crippen molar-refractivity contribution < 1.29 is 23.0 Å². The van der Waals surface area contributed by atoms with Crippen LogP contribution in [0.1, 0.15) is 5.56 Å². The van der Waals surface area contributed by atoms with Gasteiger partial charge in [0.05, 0.1) is 13.7 Å². The number of benzene rings is 1. The zero-order valence-electron chi connectivity index (χ0n) is 8.64. The van der Waals surface area contributed by atoms with Gasteiger partial charge in [-0.25, -0.2) is 0 Å². The van der Waals surface area contributed by atoms with Crippen LogP contribution in [-0.2, 0) is 6.54 Å². The van der Waals surface area contributed by atoms with Crippen LogP contribution in [0.3, 0.4) is 0 Å². The summed E-state index contributed by atoms with van der Waals surface area (Å²) in [7, 11) is 1.38. The van der Waals surface area contributed by atoms with Crippen molar-refractivity contribution in [3.8, 4) is 11.5 Å². The monoisotopic (exact) mass is 235 g/mol. The maximum Gasteiger partial charge on any atom is 0.401 e. The topological polar surface area (TPSA) is 41.5 Å². The Kier molecular flexibility index (Phi) is 4.00. The van der Waals surface area contributed by atoms with E-state index in [4.69, 9.17) is 4.74 Å². The first-order valence-electron chi connectivity index (χ1n) is 4.56. The number of phenolic OH excluding ortho intramolecular Hbond substituents is 1. The van der Waals surface area contributed by atoms with Gasteiger partial charge in [-0.2, -0.15) is 13.2 Å². The molecular formula is C10H12F3NO2. The van der Waals surface area contributed by atoms with Crippen molar-refractivity contribution in [2.75, 3.05) is 13.7 Å². The predicted octanol–water partition coefficient (Wildman–Crippen LogP) is 2.05. The third-order valence-corrected chi connectivity index (χ3v) is 1.94. The van der Waals surface area contributed by atoms with Gasteiger partial charge in [0.2, 0.25) is 0 Å². The molecule has 3 nitrogen and oxygen atoms in total. The van der Waals surface area contributed by atoms with E-state index in [0.29, 0.717) is 5.56 Å². The summed E-state index contributed by atoms with van der Waals surface area (Å²) >= 11 is 0. The summed E-state index contributed by atoms with van der Waals surface area (Å²) < 4.78 is 40.4. The highest BCUT2D eigenvalue weighted by molar-refractivity contribution is 5.45. The van der Waals surface area contributed by atoms with Gasteiger partial charge in [0, 0.05) is 12.1 Å². The van der Waals surface area contributed by atoms with Crippen LogP contribution in [-0.4, -0.2) is 24.9 Å². The number of para-hydroxylation sites is 1. The minimum absolute atomic E-state index is 0.0669. The molecule has 1 rings (SSSR count). The summed E-state index contributed by atoms with van der Waals surface area (Å²) in [6, 6.07) is 4.66. The van der Waals surface area contributed by atoms with E-state index in [1.807, 2.05) is 0 Å². The quantitative estimate of drug-likeness (QED) is 0.839. The Morgan fingerprint density at radius 1 is 1.38 bits per heavy atom. The number of alkyl halides is 3. The second-order valence-electron chi connectivity index (χ2n) is 3.19. The first kappa shape index (κ1) is 12.6. The highest BCUT2D eigenvalue weighted by atomic mass is 19.4. The summed E-state index contributed by atoms with van der Waals surface area (Å²) in [6.45, 7) is -1.16. The lowest BCUT2D eigenvalue weighted by Gasteiger charge is -2.11. The van der Waals surface area contributed by atoms with E-state index in [1.165, 1.54) is 19.2 Å². The molecule has 0 aliphatic heterocycles. The predicted molar refractivity (Wildman–Crippen MR) is 52.4 cm³/mol. The molecule has 0 bridgehead atoms. The van der Waals surface area contributed by atoms with Crippen molar-refractivity contribution in [2.45, 2.75) is 12.7 Å². The average molecular weight is 235 g/mol. The fourth-order valence-corrected chi connectivity index (χ4v) is 1.21. The number of aromatic hydroxyl groups is 1. The van der Waals surface area contributed by atoms with E-state index < -0.39 is 12.7 Å². The number of methoxy groups -OCH3 is 1. The van der Waals surface area contributed by atoms with Crippen molar-refractivity contribution in [1.82, 2.24) is 5.32 Å². The highest BCUT2D eigenvalue weighted by Gasteiger charge is 2.26. The number of hydrogen-bond donors (Lipinski definition) is 2. The molecule has 16 heavy (non-hydrogen) atoms. The van der Waals surface area contributed by atoms with E-state index in [-0.39, 0.29) is 18.0 Å². The number of hydrogen-bond acceptors (Lipinski definition) is 3. The molecule has 90 valence electrons. The molecular weight excluding hydrogens is 223 g/mol. The Morgan fingerprint density at radius 3 is 2.62 bits per heavy atom. The molecule has 0 atom stereocenters. The second-order valence-corrected chi connectivity index (χ2v) is 3.19. The van der Waals surface area contributed by atoms with Gasteiger partial charge in [0.1, 0.15) is 0 Å². The molecule has 0 aliphatic carbocycles. The van der Waals surface area contributed by atoms with Crippen molar-refractivity contribution in [3.05, 3.63) is 23.8 Å². The maximum absolute atomic E-state index is 11.9.